The summed E-state index contributed by atoms with van der Waals surface area (Å²) in [5.74, 6) is 0.757. The maximum Gasteiger partial charge on any atom is 0.255 e. The topological polar surface area (TPSA) is 65.6 Å². The normalized spacial score (nSPS) is 14.9. The Kier molecular flexibility index (Phi) is 5.30. The third kappa shape index (κ3) is 3.74. The van der Waals surface area contributed by atoms with Gasteiger partial charge < -0.3 is 19.5 Å². The summed E-state index contributed by atoms with van der Waals surface area (Å²) in [6.07, 6.45) is 0.774. The number of nitrogens with zero attached hydrogens (tertiary/aromatic N) is 2. The number of rotatable bonds is 3. The van der Waals surface area contributed by atoms with Gasteiger partial charge in [0.15, 0.2) is 0 Å². The molecule has 0 saturated carbocycles. The summed E-state index contributed by atoms with van der Waals surface area (Å²) in [7, 11) is 1.60. The molecule has 1 saturated heterocycles. The molecule has 6 heteroatoms. The standard InChI is InChI=1S/C20H25N3O3/c1-14-13-18(15(2)21-14)20(25)23-10-4-9-22(11-12-23)19(24)16-5-7-17(26-3)8-6-16/h5-8,13,21H,4,9-12H2,1-3H3. The van der Waals surface area contributed by atoms with E-state index in [0.717, 1.165) is 29.1 Å². The Morgan fingerprint density at radius 2 is 1.58 bits per heavy atom. The lowest BCUT2D eigenvalue weighted by Gasteiger charge is -2.22. The SMILES string of the molecule is COc1ccc(C(=O)N2CCCN(C(=O)c3cc(C)[nH]c3C)CC2)cc1. The minimum atomic E-state index is -0.00405. The Bertz CT molecular complexity index is 795. The first-order chi connectivity index (χ1) is 12.5. The highest BCUT2D eigenvalue weighted by Gasteiger charge is 2.24. The Morgan fingerprint density at radius 1 is 0.962 bits per heavy atom. The van der Waals surface area contributed by atoms with Crippen molar-refractivity contribution in [1.29, 1.82) is 0 Å². The van der Waals surface area contributed by atoms with E-state index in [1.807, 2.05) is 29.7 Å². The molecule has 1 fully saturated rings. The lowest BCUT2D eigenvalue weighted by Crippen LogP contribution is -2.37. The van der Waals surface area contributed by atoms with Crippen LogP contribution >= 0.6 is 0 Å². The summed E-state index contributed by atoms with van der Waals surface area (Å²) in [6, 6.07) is 9.03. The van der Waals surface area contributed by atoms with Crippen molar-refractivity contribution in [2.75, 3.05) is 33.3 Å². The second-order valence-corrected chi connectivity index (χ2v) is 6.66. The molecule has 1 aliphatic heterocycles. The van der Waals surface area contributed by atoms with Gasteiger partial charge in [-0.05, 0) is 50.6 Å². The Labute approximate surface area is 153 Å². The maximum atomic E-state index is 12.8. The number of hydrogen-bond acceptors (Lipinski definition) is 3. The number of aromatic amines is 1. The number of benzene rings is 1. The molecule has 138 valence electrons. The van der Waals surface area contributed by atoms with Crippen molar-refractivity contribution in [2.24, 2.45) is 0 Å². The van der Waals surface area contributed by atoms with Crippen molar-refractivity contribution in [2.45, 2.75) is 20.3 Å². The molecule has 0 bridgehead atoms. The molecule has 6 nitrogen and oxygen atoms in total. The molecule has 0 unspecified atom stereocenters. The summed E-state index contributed by atoms with van der Waals surface area (Å²) >= 11 is 0. The van der Waals surface area contributed by atoms with Gasteiger partial charge in [0.05, 0.1) is 12.7 Å². The van der Waals surface area contributed by atoms with E-state index in [1.54, 1.807) is 31.4 Å². The average molecular weight is 355 g/mol. The summed E-state index contributed by atoms with van der Waals surface area (Å²) in [5.41, 5.74) is 3.24. The Balaban J connectivity index is 1.66. The van der Waals surface area contributed by atoms with Gasteiger partial charge in [-0.3, -0.25) is 9.59 Å². The molecule has 0 radical (unpaired) electrons. The number of amides is 2. The van der Waals surface area contributed by atoms with Crippen molar-refractivity contribution in [1.82, 2.24) is 14.8 Å². The lowest BCUT2D eigenvalue weighted by molar-refractivity contribution is 0.0718. The summed E-state index contributed by atoms with van der Waals surface area (Å²) in [6.45, 7) is 6.26. The second-order valence-electron chi connectivity index (χ2n) is 6.66. The van der Waals surface area contributed by atoms with Gasteiger partial charge in [0.1, 0.15) is 5.75 Å². The Morgan fingerprint density at radius 3 is 2.12 bits per heavy atom. The van der Waals surface area contributed by atoms with Gasteiger partial charge in [-0.25, -0.2) is 0 Å². The van der Waals surface area contributed by atoms with Crippen LogP contribution in [0.5, 0.6) is 5.75 Å². The van der Waals surface area contributed by atoms with Crippen LogP contribution < -0.4 is 4.74 Å². The van der Waals surface area contributed by atoms with Crippen LogP contribution in [-0.4, -0.2) is 59.9 Å². The van der Waals surface area contributed by atoms with Crippen molar-refractivity contribution >= 4 is 11.8 Å². The quantitative estimate of drug-likeness (QED) is 0.920. The molecule has 1 aliphatic rings. The first-order valence-corrected chi connectivity index (χ1v) is 8.88. The van der Waals surface area contributed by atoms with E-state index in [4.69, 9.17) is 4.74 Å². The highest BCUT2D eigenvalue weighted by molar-refractivity contribution is 5.96. The number of methoxy groups -OCH3 is 1. The number of ether oxygens (including phenoxy) is 1. The number of carbonyl (C=O) groups excluding carboxylic acids is 2. The minimum Gasteiger partial charge on any atom is -0.497 e. The zero-order valence-electron chi connectivity index (χ0n) is 15.5. The van der Waals surface area contributed by atoms with E-state index >= 15 is 0 Å². The average Bonchev–Trinajstić information content (AvgIpc) is 2.85. The summed E-state index contributed by atoms with van der Waals surface area (Å²) in [5, 5.41) is 0. The number of carbonyl (C=O) groups is 2. The molecule has 2 aromatic rings. The summed E-state index contributed by atoms with van der Waals surface area (Å²) in [4.78, 5) is 32.4. The fraction of sp³-hybridized carbons (Fsp3) is 0.400. The van der Waals surface area contributed by atoms with Crippen LogP contribution in [0.15, 0.2) is 30.3 Å². The Hall–Kier alpha value is -2.76. The van der Waals surface area contributed by atoms with Crippen LogP contribution in [0.2, 0.25) is 0 Å². The van der Waals surface area contributed by atoms with Gasteiger partial charge >= 0.3 is 0 Å². The zero-order valence-corrected chi connectivity index (χ0v) is 15.5. The molecule has 0 aliphatic carbocycles. The molecule has 2 amide bonds. The molecule has 3 rings (SSSR count). The van der Waals surface area contributed by atoms with Crippen molar-refractivity contribution in [3.05, 3.63) is 52.8 Å². The fourth-order valence-corrected chi connectivity index (χ4v) is 3.36. The van der Waals surface area contributed by atoms with Crippen molar-refractivity contribution < 1.29 is 14.3 Å². The van der Waals surface area contributed by atoms with Crippen LogP contribution in [0, 0.1) is 13.8 Å². The first kappa shape index (κ1) is 18.0. The molecular formula is C20H25N3O3. The second kappa shape index (κ2) is 7.64. The van der Waals surface area contributed by atoms with E-state index in [9.17, 15) is 9.59 Å². The molecule has 0 atom stereocenters. The van der Waals surface area contributed by atoms with Crippen LogP contribution in [0.25, 0.3) is 0 Å². The fourth-order valence-electron chi connectivity index (χ4n) is 3.36. The predicted molar refractivity (Wildman–Crippen MR) is 99.7 cm³/mol. The number of aromatic nitrogens is 1. The third-order valence-corrected chi connectivity index (χ3v) is 4.79. The van der Waals surface area contributed by atoms with Crippen molar-refractivity contribution in [3.63, 3.8) is 0 Å². The number of H-pyrrole nitrogens is 1. The van der Waals surface area contributed by atoms with E-state index in [2.05, 4.69) is 4.98 Å². The van der Waals surface area contributed by atoms with Crippen molar-refractivity contribution in [3.8, 4) is 5.75 Å². The molecule has 1 aromatic heterocycles. The lowest BCUT2D eigenvalue weighted by atomic mass is 10.2. The van der Waals surface area contributed by atoms with Crippen LogP contribution in [0.4, 0.5) is 0 Å². The van der Waals surface area contributed by atoms with Gasteiger partial charge in [-0.15, -0.1) is 0 Å². The highest BCUT2D eigenvalue weighted by Crippen LogP contribution is 2.17. The van der Waals surface area contributed by atoms with Gasteiger partial charge in [-0.1, -0.05) is 0 Å². The number of nitrogens with one attached hydrogen (secondary N) is 1. The van der Waals surface area contributed by atoms with Crippen LogP contribution in [-0.2, 0) is 0 Å². The molecule has 1 N–H and O–H groups in total. The zero-order chi connectivity index (χ0) is 18.7. The number of hydrogen-bond donors (Lipinski definition) is 1. The van der Waals surface area contributed by atoms with Gasteiger partial charge in [0.25, 0.3) is 11.8 Å². The highest BCUT2D eigenvalue weighted by atomic mass is 16.5. The largest absolute Gasteiger partial charge is 0.497 e. The van der Waals surface area contributed by atoms with Gasteiger partial charge in [0.2, 0.25) is 0 Å². The molecule has 1 aromatic carbocycles. The molecule has 26 heavy (non-hydrogen) atoms. The van der Waals surface area contributed by atoms with E-state index in [0.29, 0.717) is 31.7 Å². The summed E-state index contributed by atoms with van der Waals surface area (Å²) < 4.78 is 5.14. The smallest absolute Gasteiger partial charge is 0.255 e. The third-order valence-electron chi connectivity index (χ3n) is 4.79. The van der Waals surface area contributed by atoms with Gasteiger partial charge in [-0.2, -0.15) is 0 Å². The molecule has 2 heterocycles. The molecule has 0 spiro atoms. The van der Waals surface area contributed by atoms with E-state index < -0.39 is 0 Å². The van der Waals surface area contributed by atoms with E-state index in [-0.39, 0.29) is 11.8 Å². The molecular weight excluding hydrogens is 330 g/mol. The first-order valence-electron chi connectivity index (χ1n) is 8.88. The predicted octanol–water partition coefficient (Wildman–Crippen LogP) is 2.63. The monoisotopic (exact) mass is 355 g/mol. The van der Waals surface area contributed by atoms with Gasteiger partial charge in [0, 0.05) is 43.1 Å². The minimum absolute atomic E-state index is 0.00405. The van der Waals surface area contributed by atoms with Crippen LogP contribution in [0.3, 0.4) is 0 Å². The number of aryl methyl sites for hydroxylation is 2. The van der Waals surface area contributed by atoms with E-state index in [1.165, 1.54) is 0 Å². The maximum absolute atomic E-state index is 12.8. The van der Waals surface area contributed by atoms with Crippen LogP contribution in [0.1, 0.15) is 38.5 Å².